The fourth-order valence-corrected chi connectivity index (χ4v) is 5.74. The Hall–Kier alpha value is -3.30. The van der Waals surface area contributed by atoms with Crippen molar-refractivity contribution in [3.63, 3.8) is 0 Å². The van der Waals surface area contributed by atoms with Gasteiger partial charge >= 0.3 is 0 Å². The molecule has 0 saturated heterocycles. The average molecular weight is 551 g/mol. The van der Waals surface area contributed by atoms with E-state index in [2.05, 4.69) is 31.4 Å². The molecule has 0 atom stereocenters. The second-order valence-corrected chi connectivity index (χ2v) is 10.3. The van der Waals surface area contributed by atoms with Gasteiger partial charge in [0.25, 0.3) is 11.5 Å². The van der Waals surface area contributed by atoms with Gasteiger partial charge in [0.05, 0.1) is 17.9 Å². The smallest absolute Gasteiger partial charge is 0.262 e. The van der Waals surface area contributed by atoms with Crippen molar-refractivity contribution in [2.24, 2.45) is 5.10 Å². The lowest BCUT2D eigenvalue weighted by molar-refractivity contribution is -0.121. The number of hydrogen-bond donors (Lipinski definition) is 1. The van der Waals surface area contributed by atoms with Gasteiger partial charge in [-0.05, 0) is 55.0 Å². The van der Waals surface area contributed by atoms with Crippen molar-refractivity contribution in [1.29, 1.82) is 0 Å². The van der Waals surface area contributed by atoms with Gasteiger partial charge in [-0.3, -0.25) is 14.2 Å². The van der Waals surface area contributed by atoms with Crippen LogP contribution in [0.2, 0.25) is 0 Å². The molecule has 2 heterocycles. The Bertz CT molecular complexity index is 1460. The second kappa shape index (κ2) is 10.5. The lowest BCUT2D eigenvalue weighted by Gasteiger charge is -2.10. The molecule has 178 valence electrons. The van der Waals surface area contributed by atoms with Gasteiger partial charge in [-0.1, -0.05) is 46.3 Å². The number of thiophene rings is 1. The van der Waals surface area contributed by atoms with Gasteiger partial charge in [-0.2, -0.15) is 5.10 Å². The van der Waals surface area contributed by atoms with Crippen molar-refractivity contribution in [2.45, 2.75) is 38.8 Å². The zero-order valence-corrected chi connectivity index (χ0v) is 21.3. The van der Waals surface area contributed by atoms with Crippen molar-refractivity contribution >= 4 is 49.6 Å². The van der Waals surface area contributed by atoms with Gasteiger partial charge < -0.3 is 4.74 Å². The number of hydrazone groups is 1. The monoisotopic (exact) mass is 550 g/mol. The van der Waals surface area contributed by atoms with E-state index >= 15 is 0 Å². The maximum atomic E-state index is 13.1. The van der Waals surface area contributed by atoms with Gasteiger partial charge in [0.1, 0.15) is 23.7 Å². The zero-order valence-electron chi connectivity index (χ0n) is 18.9. The third-order valence-electron chi connectivity index (χ3n) is 5.86. The number of carbonyl (C=O) groups excluding carboxylic acids is 1. The van der Waals surface area contributed by atoms with E-state index < -0.39 is 5.91 Å². The summed E-state index contributed by atoms with van der Waals surface area (Å²) in [4.78, 5) is 32.0. The minimum absolute atomic E-state index is 0.153. The number of benzene rings is 2. The zero-order chi connectivity index (χ0) is 24.2. The van der Waals surface area contributed by atoms with Crippen LogP contribution in [-0.4, -0.2) is 21.7 Å². The summed E-state index contributed by atoms with van der Waals surface area (Å²) in [5, 5.41) is 4.75. The first-order valence-electron chi connectivity index (χ1n) is 11.4. The number of carbonyl (C=O) groups is 1. The minimum atomic E-state index is -0.407. The van der Waals surface area contributed by atoms with E-state index in [1.807, 2.05) is 48.5 Å². The Morgan fingerprint density at radius 2 is 2.03 bits per heavy atom. The minimum Gasteiger partial charge on any atom is -0.488 e. The van der Waals surface area contributed by atoms with Gasteiger partial charge in [0.2, 0.25) is 0 Å². The maximum Gasteiger partial charge on any atom is 0.262 e. The highest BCUT2D eigenvalue weighted by Crippen LogP contribution is 2.33. The molecular weight excluding hydrogens is 528 g/mol. The molecule has 0 radical (unpaired) electrons. The van der Waals surface area contributed by atoms with E-state index in [0.717, 1.165) is 46.1 Å². The van der Waals surface area contributed by atoms with Crippen molar-refractivity contribution < 1.29 is 9.53 Å². The Kier molecular flexibility index (Phi) is 7.06. The lowest BCUT2D eigenvalue weighted by Crippen LogP contribution is -2.30. The summed E-state index contributed by atoms with van der Waals surface area (Å²) in [7, 11) is 0. The van der Waals surface area contributed by atoms with E-state index in [1.54, 1.807) is 11.3 Å². The van der Waals surface area contributed by atoms with Crippen LogP contribution in [0.1, 0.15) is 34.4 Å². The third kappa shape index (κ3) is 5.36. The molecule has 4 aromatic rings. The number of rotatable bonds is 7. The summed E-state index contributed by atoms with van der Waals surface area (Å²) < 4.78 is 8.16. The van der Waals surface area contributed by atoms with Crippen molar-refractivity contribution in [1.82, 2.24) is 15.0 Å². The summed E-state index contributed by atoms with van der Waals surface area (Å²) in [6, 6.07) is 15.5. The Labute approximate surface area is 214 Å². The van der Waals surface area contributed by atoms with Crippen LogP contribution >= 0.6 is 27.3 Å². The van der Waals surface area contributed by atoms with Crippen LogP contribution in [0.3, 0.4) is 0 Å². The second-order valence-electron chi connectivity index (χ2n) is 8.32. The topological polar surface area (TPSA) is 85.6 Å². The van der Waals surface area contributed by atoms with E-state index in [-0.39, 0.29) is 12.1 Å². The highest BCUT2D eigenvalue weighted by molar-refractivity contribution is 9.10. The highest BCUT2D eigenvalue weighted by Gasteiger charge is 2.20. The first-order valence-corrected chi connectivity index (χ1v) is 13.0. The predicted octanol–water partition coefficient (Wildman–Crippen LogP) is 4.83. The van der Waals surface area contributed by atoms with Crippen molar-refractivity contribution in [3.8, 4) is 5.75 Å². The van der Waals surface area contributed by atoms with Crippen molar-refractivity contribution in [2.75, 3.05) is 0 Å². The Balaban J connectivity index is 1.27. The molecule has 1 N–H and O–H groups in total. The molecule has 5 rings (SSSR count). The first kappa shape index (κ1) is 23.4. The van der Waals surface area contributed by atoms with Crippen LogP contribution in [0.25, 0.3) is 10.2 Å². The molecule has 0 unspecified atom stereocenters. The molecule has 35 heavy (non-hydrogen) atoms. The van der Waals surface area contributed by atoms with Gasteiger partial charge in [-0.15, -0.1) is 11.3 Å². The van der Waals surface area contributed by atoms with Crippen LogP contribution < -0.4 is 15.7 Å². The van der Waals surface area contributed by atoms with Gasteiger partial charge in [-0.25, -0.2) is 10.4 Å². The number of nitrogens with one attached hydrogen (secondary N) is 1. The van der Waals surface area contributed by atoms with E-state index in [1.165, 1.54) is 22.0 Å². The highest BCUT2D eigenvalue weighted by atomic mass is 79.9. The molecule has 0 aliphatic heterocycles. The predicted molar refractivity (Wildman–Crippen MR) is 141 cm³/mol. The van der Waals surface area contributed by atoms with Crippen LogP contribution in [0.4, 0.5) is 0 Å². The number of aromatic nitrogens is 2. The number of hydrogen-bond acceptors (Lipinski definition) is 6. The van der Waals surface area contributed by atoms with Crippen LogP contribution in [0.5, 0.6) is 5.75 Å². The quantitative estimate of drug-likeness (QED) is 0.264. The molecule has 0 saturated carbocycles. The van der Waals surface area contributed by atoms with E-state index in [9.17, 15) is 9.59 Å². The number of ether oxygens (including phenoxy) is 1. The van der Waals surface area contributed by atoms with Crippen molar-refractivity contribution in [3.05, 3.63) is 91.3 Å². The number of halogens is 1. The van der Waals surface area contributed by atoms with Crippen LogP contribution in [-0.2, 0) is 30.8 Å². The number of aryl methyl sites for hydroxylation is 2. The SMILES string of the molecule is O=C(Cn1cnc2sc3c(c2c1=O)CCCC3)N/N=C\c1cc(Br)ccc1OCc1ccccc1. The number of nitrogens with zero attached hydrogens (tertiary/aromatic N) is 3. The number of amides is 1. The molecule has 7 nitrogen and oxygen atoms in total. The summed E-state index contributed by atoms with van der Waals surface area (Å²) in [5.74, 6) is 0.235. The largest absolute Gasteiger partial charge is 0.488 e. The number of fused-ring (bicyclic) bond motifs is 3. The lowest BCUT2D eigenvalue weighted by atomic mass is 9.97. The standard InChI is InChI=1S/C26H23BrN4O3S/c27-19-10-11-21(34-15-17-6-2-1-3-7-17)18(12-19)13-29-30-23(32)14-31-16-28-25-24(26(31)33)20-8-4-5-9-22(20)35-25/h1-3,6-7,10-13,16H,4-5,8-9,14-15H2,(H,30,32)/b29-13-. The molecule has 2 aromatic heterocycles. The Morgan fingerprint density at radius 1 is 1.20 bits per heavy atom. The average Bonchev–Trinajstić information content (AvgIpc) is 3.25. The maximum absolute atomic E-state index is 13.1. The molecular formula is C26H23BrN4O3S. The molecule has 0 spiro atoms. The van der Waals surface area contributed by atoms with Gasteiger partial charge in [0.15, 0.2) is 0 Å². The summed E-state index contributed by atoms with van der Waals surface area (Å²) in [5.41, 5.74) is 5.21. The molecule has 2 aromatic carbocycles. The Morgan fingerprint density at radius 3 is 2.89 bits per heavy atom. The molecule has 1 aliphatic rings. The van der Waals surface area contributed by atoms with E-state index in [4.69, 9.17) is 4.74 Å². The van der Waals surface area contributed by atoms with Gasteiger partial charge in [0, 0.05) is 14.9 Å². The summed E-state index contributed by atoms with van der Waals surface area (Å²) in [6.45, 7) is 0.264. The fraction of sp³-hybridized carbons (Fsp3) is 0.231. The molecule has 9 heteroatoms. The third-order valence-corrected chi connectivity index (χ3v) is 7.55. The molecule has 1 aliphatic carbocycles. The normalized spacial score (nSPS) is 13.2. The first-order chi connectivity index (χ1) is 17.1. The molecule has 0 fully saturated rings. The van der Waals surface area contributed by atoms with E-state index in [0.29, 0.717) is 23.3 Å². The molecule has 0 bridgehead atoms. The molecule has 1 amide bonds. The summed E-state index contributed by atoms with van der Waals surface area (Å²) >= 11 is 5.05. The summed E-state index contributed by atoms with van der Waals surface area (Å²) in [6.07, 6.45) is 7.09. The van der Waals surface area contributed by atoms with Crippen LogP contribution in [0, 0.1) is 0 Å². The van der Waals surface area contributed by atoms with Crippen LogP contribution in [0.15, 0.2) is 69.2 Å². The fourth-order valence-electron chi connectivity index (χ4n) is 4.14.